The van der Waals surface area contributed by atoms with Crippen molar-refractivity contribution in [3.8, 4) is 0 Å². The van der Waals surface area contributed by atoms with E-state index in [1.807, 2.05) is 0 Å². The van der Waals surface area contributed by atoms with Crippen molar-refractivity contribution >= 4 is 10.0 Å². The molecule has 1 rings (SSSR count). The molecule has 0 bridgehead atoms. The van der Waals surface area contributed by atoms with Crippen molar-refractivity contribution in [3.05, 3.63) is 0 Å². The third kappa shape index (κ3) is 6.55. The third-order valence-electron chi connectivity index (χ3n) is 4.13. The second-order valence-electron chi connectivity index (χ2n) is 6.69. The number of nitrogens with zero attached hydrogens (tertiary/aromatic N) is 1. The fourth-order valence-electron chi connectivity index (χ4n) is 2.64. The summed E-state index contributed by atoms with van der Waals surface area (Å²) in [6.07, 6.45) is 5.92. The van der Waals surface area contributed by atoms with Gasteiger partial charge in [-0.25, -0.2) is 12.7 Å². The summed E-state index contributed by atoms with van der Waals surface area (Å²) < 4.78 is 26.4. The predicted molar refractivity (Wildman–Crippen MR) is 85.4 cm³/mol. The van der Waals surface area contributed by atoms with Gasteiger partial charge in [0.2, 0.25) is 10.0 Å². The van der Waals surface area contributed by atoms with E-state index < -0.39 is 10.0 Å². The maximum atomic E-state index is 12.3. The quantitative estimate of drug-likeness (QED) is 0.701. The van der Waals surface area contributed by atoms with Crippen molar-refractivity contribution in [2.75, 3.05) is 31.9 Å². The van der Waals surface area contributed by atoms with Crippen LogP contribution in [0.2, 0.25) is 0 Å². The second-order valence-corrected chi connectivity index (χ2v) is 8.78. The van der Waals surface area contributed by atoms with Gasteiger partial charge in [-0.1, -0.05) is 20.8 Å². The van der Waals surface area contributed by atoms with Gasteiger partial charge in [0.05, 0.1) is 5.75 Å². The van der Waals surface area contributed by atoms with Crippen molar-refractivity contribution in [3.63, 3.8) is 0 Å². The zero-order chi connectivity index (χ0) is 15.1. The molecular formula is C15H32N2O2S. The van der Waals surface area contributed by atoms with E-state index in [2.05, 4.69) is 26.1 Å². The third-order valence-corrected chi connectivity index (χ3v) is 6.08. The van der Waals surface area contributed by atoms with Crippen molar-refractivity contribution in [2.24, 2.45) is 5.41 Å². The first-order chi connectivity index (χ1) is 9.37. The van der Waals surface area contributed by atoms with Crippen LogP contribution in [0.3, 0.4) is 0 Å². The number of nitrogens with one attached hydrogen (secondary N) is 1. The molecule has 1 aliphatic rings. The lowest BCUT2D eigenvalue weighted by molar-refractivity contribution is 0.314. The van der Waals surface area contributed by atoms with Crippen molar-refractivity contribution in [1.29, 1.82) is 0 Å². The Balaban J connectivity index is 2.33. The number of unbranched alkanes of at least 4 members (excludes halogenated alkanes) is 1. The Labute approximate surface area is 125 Å². The molecule has 5 heteroatoms. The number of hydrogen-bond acceptors (Lipinski definition) is 3. The first-order valence-corrected chi connectivity index (χ1v) is 9.67. The van der Waals surface area contributed by atoms with Crippen LogP contribution in [0.4, 0.5) is 0 Å². The van der Waals surface area contributed by atoms with E-state index in [4.69, 9.17) is 0 Å². The molecule has 4 nitrogen and oxygen atoms in total. The highest BCUT2D eigenvalue weighted by Gasteiger charge is 2.28. The van der Waals surface area contributed by atoms with E-state index >= 15 is 0 Å². The Morgan fingerprint density at radius 1 is 1.10 bits per heavy atom. The molecule has 0 atom stereocenters. The Kier molecular flexibility index (Phi) is 7.48. The molecule has 0 aliphatic carbocycles. The van der Waals surface area contributed by atoms with E-state index in [0.717, 1.165) is 51.6 Å². The van der Waals surface area contributed by atoms with Gasteiger partial charge in [0.25, 0.3) is 0 Å². The maximum Gasteiger partial charge on any atom is 0.214 e. The fourth-order valence-corrected chi connectivity index (χ4v) is 4.25. The van der Waals surface area contributed by atoms with Gasteiger partial charge in [0.15, 0.2) is 0 Å². The highest BCUT2D eigenvalue weighted by atomic mass is 32.2. The fraction of sp³-hybridized carbons (Fsp3) is 1.00. The van der Waals surface area contributed by atoms with Crippen molar-refractivity contribution in [2.45, 2.75) is 59.3 Å². The second kappa shape index (κ2) is 8.35. The SMILES string of the molecule is CCCNCCCCS(=O)(=O)N1CCCC(C)(C)CC1. The highest BCUT2D eigenvalue weighted by Crippen LogP contribution is 2.30. The Bertz CT molecular complexity index is 366. The molecule has 1 N–H and O–H groups in total. The van der Waals surface area contributed by atoms with Gasteiger partial charge in [-0.15, -0.1) is 0 Å². The van der Waals surface area contributed by atoms with Gasteiger partial charge < -0.3 is 5.32 Å². The number of rotatable bonds is 8. The minimum absolute atomic E-state index is 0.286. The molecule has 120 valence electrons. The summed E-state index contributed by atoms with van der Waals surface area (Å²) in [5.74, 6) is 0.307. The van der Waals surface area contributed by atoms with Gasteiger partial charge in [0, 0.05) is 13.1 Å². The minimum atomic E-state index is -3.04. The summed E-state index contributed by atoms with van der Waals surface area (Å²) in [6.45, 7) is 9.97. The Morgan fingerprint density at radius 2 is 1.85 bits per heavy atom. The van der Waals surface area contributed by atoms with E-state index in [0.29, 0.717) is 18.8 Å². The van der Waals surface area contributed by atoms with E-state index in [-0.39, 0.29) is 5.41 Å². The van der Waals surface area contributed by atoms with Crippen LogP contribution in [-0.4, -0.2) is 44.7 Å². The summed E-state index contributed by atoms with van der Waals surface area (Å²) in [4.78, 5) is 0. The molecular weight excluding hydrogens is 272 g/mol. The van der Waals surface area contributed by atoms with Crippen LogP contribution in [0.15, 0.2) is 0 Å². The van der Waals surface area contributed by atoms with Gasteiger partial charge in [-0.05, 0) is 57.0 Å². The van der Waals surface area contributed by atoms with Crippen molar-refractivity contribution < 1.29 is 8.42 Å². The van der Waals surface area contributed by atoms with E-state index in [9.17, 15) is 8.42 Å². The first kappa shape index (κ1) is 17.9. The minimum Gasteiger partial charge on any atom is -0.317 e. The number of sulfonamides is 1. The lowest BCUT2D eigenvalue weighted by Crippen LogP contribution is -2.34. The molecule has 1 heterocycles. The topological polar surface area (TPSA) is 49.4 Å². The standard InChI is InChI=1S/C15H32N2O2S/c1-4-10-16-11-5-6-14-20(18,19)17-12-7-8-15(2,3)9-13-17/h16H,4-14H2,1-3H3. The zero-order valence-electron chi connectivity index (χ0n) is 13.5. The largest absolute Gasteiger partial charge is 0.317 e. The molecule has 0 aromatic carbocycles. The number of hydrogen-bond donors (Lipinski definition) is 1. The summed E-state index contributed by atoms with van der Waals surface area (Å²) in [5, 5.41) is 3.31. The normalized spacial score (nSPS) is 20.8. The van der Waals surface area contributed by atoms with Gasteiger partial charge in [-0.3, -0.25) is 0 Å². The van der Waals surface area contributed by atoms with Crippen LogP contribution < -0.4 is 5.32 Å². The van der Waals surface area contributed by atoms with E-state index in [1.54, 1.807) is 4.31 Å². The monoisotopic (exact) mass is 304 g/mol. The molecule has 20 heavy (non-hydrogen) atoms. The van der Waals surface area contributed by atoms with Crippen LogP contribution in [0, 0.1) is 5.41 Å². The molecule has 0 saturated carbocycles. The molecule has 0 spiro atoms. The van der Waals surface area contributed by atoms with Gasteiger partial charge in [-0.2, -0.15) is 0 Å². The van der Waals surface area contributed by atoms with Crippen LogP contribution in [-0.2, 0) is 10.0 Å². The van der Waals surface area contributed by atoms with Crippen molar-refractivity contribution in [1.82, 2.24) is 9.62 Å². The van der Waals surface area contributed by atoms with Crippen LogP contribution in [0.5, 0.6) is 0 Å². The average Bonchev–Trinajstić information content (AvgIpc) is 2.55. The smallest absolute Gasteiger partial charge is 0.214 e. The maximum absolute atomic E-state index is 12.3. The van der Waals surface area contributed by atoms with E-state index in [1.165, 1.54) is 0 Å². The average molecular weight is 305 g/mol. The van der Waals surface area contributed by atoms with Gasteiger partial charge in [0.1, 0.15) is 0 Å². The van der Waals surface area contributed by atoms with Gasteiger partial charge >= 0.3 is 0 Å². The summed E-state index contributed by atoms with van der Waals surface area (Å²) in [5.41, 5.74) is 0.286. The van der Waals surface area contributed by atoms with Crippen LogP contribution in [0.25, 0.3) is 0 Å². The van der Waals surface area contributed by atoms with Crippen LogP contribution >= 0.6 is 0 Å². The molecule has 0 unspecified atom stereocenters. The Morgan fingerprint density at radius 3 is 2.55 bits per heavy atom. The summed E-state index contributed by atoms with van der Waals surface area (Å²) in [7, 11) is -3.04. The molecule has 1 saturated heterocycles. The molecule has 1 aliphatic heterocycles. The summed E-state index contributed by atoms with van der Waals surface area (Å²) >= 11 is 0. The Hall–Kier alpha value is -0.130. The lowest BCUT2D eigenvalue weighted by atomic mass is 9.85. The lowest BCUT2D eigenvalue weighted by Gasteiger charge is -2.23. The molecule has 0 radical (unpaired) electrons. The first-order valence-electron chi connectivity index (χ1n) is 8.06. The molecule has 0 aromatic heterocycles. The molecule has 0 amide bonds. The molecule has 1 fully saturated rings. The zero-order valence-corrected chi connectivity index (χ0v) is 14.3. The highest BCUT2D eigenvalue weighted by molar-refractivity contribution is 7.89. The molecule has 0 aromatic rings. The van der Waals surface area contributed by atoms with Crippen LogP contribution in [0.1, 0.15) is 59.3 Å². The summed E-state index contributed by atoms with van der Waals surface area (Å²) in [6, 6.07) is 0. The predicted octanol–water partition coefficient (Wildman–Crippen LogP) is 2.61.